The minimum atomic E-state index is -0.275. The zero-order valence-electron chi connectivity index (χ0n) is 16.9. The molecule has 0 aliphatic carbocycles. The van der Waals surface area contributed by atoms with Crippen molar-refractivity contribution in [3.63, 3.8) is 0 Å². The lowest BCUT2D eigenvalue weighted by Crippen LogP contribution is -2.23. The van der Waals surface area contributed by atoms with Crippen LogP contribution < -0.4 is 10.2 Å². The van der Waals surface area contributed by atoms with Crippen LogP contribution in [0.15, 0.2) is 47.1 Å². The van der Waals surface area contributed by atoms with E-state index in [9.17, 15) is 9.59 Å². The van der Waals surface area contributed by atoms with E-state index in [4.69, 9.17) is 9.15 Å². The number of anilines is 2. The Hall–Kier alpha value is -2.97. The van der Waals surface area contributed by atoms with Crippen molar-refractivity contribution in [1.82, 2.24) is 4.98 Å². The fourth-order valence-corrected chi connectivity index (χ4v) is 4.34. The number of nitrogens with zero attached hydrogens (tertiary/aromatic N) is 2. The second-order valence-electron chi connectivity index (χ2n) is 7.32. The highest BCUT2D eigenvalue weighted by Gasteiger charge is 2.29. The van der Waals surface area contributed by atoms with Crippen LogP contribution in [0.5, 0.6) is 0 Å². The molecule has 0 atom stereocenters. The van der Waals surface area contributed by atoms with E-state index in [1.807, 2.05) is 37.2 Å². The van der Waals surface area contributed by atoms with Crippen LogP contribution in [0.4, 0.5) is 10.8 Å². The molecule has 1 aliphatic heterocycles. The molecule has 0 spiro atoms. The number of carbonyl (C=O) groups is 2. The quantitative estimate of drug-likeness (QED) is 0.592. The van der Waals surface area contributed by atoms with Gasteiger partial charge in [0.05, 0.1) is 6.26 Å². The zero-order chi connectivity index (χ0) is 21.1. The first kappa shape index (κ1) is 20.3. The van der Waals surface area contributed by atoms with Crippen molar-refractivity contribution >= 4 is 33.8 Å². The Balaban J connectivity index is 1.62. The Labute approximate surface area is 178 Å². The molecule has 1 amide bonds. The first-order valence-electron chi connectivity index (χ1n) is 9.78. The predicted octanol–water partition coefficient (Wildman–Crippen LogP) is 4.33. The van der Waals surface area contributed by atoms with Gasteiger partial charge in [0, 0.05) is 44.5 Å². The van der Waals surface area contributed by atoms with Gasteiger partial charge in [0.1, 0.15) is 10.6 Å². The molecule has 3 heterocycles. The summed E-state index contributed by atoms with van der Waals surface area (Å²) in [7, 11) is 3.84. The number of ketones is 1. The molecule has 0 saturated carbocycles. The van der Waals surface area contributed by atoms with Gasteiger partial charge in [0.25, 0.3) is 5.91 Å². The summed E-state index contributed by atoms with van der Waals surface area (Å²) in [6, 6.07) is 10.8. The van der Waals surface area contributed by atoms with Crippen LogP contribution in [-0.4, -0.2) is 44.0 Å². The fraction of sp³-hybridized carbons (Fsp3) is 0.318. The SMILES string of the molecule is CN(C)c1cccc(C(=O)Nc2nc(-c3ccco3)c(C(=O)C3CCOCC3)s2)c1. The Morgan fingerprint density at radius 3 is 2.67 bits per heavy atom. The van der Waals surface area contributed by atoms with E-state index < -0.39 is 0 Å². The van der Waals surface area contributed by atoms with E-state index in [2.05, 4.69) is 10.3 Å². The fourth-order valence-electron chi connectivity index (χ4n) is 3.36. The van der Waals surface area contributed by atoms with E-state index in [1.165, 1.54) is 11.3 Å². The van der Waals surface area contributed by atoms with Crippen LogP contribution >= 0.6 is 11.3 Å². The average molecular weight is 426 g/mol. The second-order valence-corrected chi connectivity index (χ2v) is 8.32. The molecule has 7 nitrogen and oxygen atoms in total. The van der Waals surface area contributed by atoms with Crippen LogP contribution in [0.2, 0.25) is 0 Å². The Morgan fingerprint density at radius 1 is 1.17 bits per heavy atom. The van der Waals surface area contributed by atoms with Crippen molar-refractivity contribution in [2.75, 3.05) is 37.5 Å². The highest BCUT2D eigenvalue weighted by Crippen LogP contribution is 2.35. The number of ether oxygens (including phenoxy) is 1. The maximum atomic E-state index is 13.2. The number of furan rings is 1. The van der Waals surface area contributed by atoms with E-state index in [-0.39, 0.29) is 17.6 Å². The summed E-state index contributed by atoms with van der Waals surface area (Å²) in [6.45, 7) is 1.16. The standard InChI is InChI=1S/C22H23N3O4S/c1-25(2)16-6-3-5-15(13-16)21(27)24-22-23-18(17-7-4-10-29-17)20(30-22)19(26)14-8-11-28-12-9-14/h3-7,10,13-14H,8-9,11-12H2,1-2H3,(H,23,24,27). The summed E-state index contributed by atoms with van der Waals surface area (Å²) in [6.07, 6.45) is 2.92. The topological polar surface area (TPSA) is 84.7 Å². The number of hydrogen-bond donors (Lipinski definition) is 1. The Morgan fingerprint density at radius 2 is 1.97 bits per heavy atom. The van der Waals surface area contributed by atoms with Gasteiger partial charge in [-0.1, -0.05) is 17.4 Å². The molecule has 0 bridgehead atoms. The normalized spacial score (nSPS) is 14.5. The van der Waals surface area contributed by atoms with Gasteiger partial charge in [-0.05, 0) is 43.2 Å². The first-order chi connectivity index (χ1) is 14.5. The van der Waals surface area contributed by atoms with Gasteiger partial charge in [-0.15, -0.1) is 0 Å². The highest BCUT2D eigenvalue weighted by atomic mass is 32.1. The third-order valence-electron chi connectivity index (χ3n) is 5.04. The van der Waals surface area contributed by atoms with E-state index >= 15 is 0 Å². The van der Waals surface area contributed by atoms with Gasteiger partial charge in [0.2, 0.25) is 0 Å². The maximum absolute atomic E-state index is 13.2. The molecule has 1 N–H and O–H groups in total. The van der Waals surface area contributed by atoms with E-state index in [1.54, 1.807) is 24.5 Å². The summed E-state index contributed by atoms with van der Waals surface area (Å²) in [5.41, 5.74) is 1.92. The van der Waals surface area contributed by atoms with Crippen molar-refractivity contribution in [2.45, 2.75) is 12.8 Å². The molecular weight excluding hydrogens is 402 g/mol. The van der Waals surface area contributed by atoms with Gasteiger partial charge in [-0.2, -0.15) is 0 Å². The van der Waals surface area contributed by atoms with Gasteiger partial charge in [-0.25, -0.2) is 4.98 Å². The number of thiazole rings is 1. The van der Waals surface area contributed by atoms with Gasteiger partial charge < -0.3 is 14.1 Å². The van der Waals surface area contributed by atoms with E-state index in [0.717, 1.165) is 5.69 Å². The summed E-state index contributed by atoms with van der Waals surface area (Å²) in [4.78, 5) is 32.9. The number of carbonyl (C=O) groups excluding carboxylic acids is 2. The van der Waals surface area contributed by atoms with Crippen LogP contribution in [-0.2, 0) is 4.74 Å². The number of rotatable bonds is 6. The van der Waals surface area contributed by atoms with E-state index in [0.29, 0.717) is 53.1 Å². The molecule has 0 unspecified atom stereocenters. The average Bonchev–Trinajstić information content (AvgIpc) is 3.44. The molecule has 8 heteroatoms. The Bertz CT molecular complexity index is 1040. The van der Waals surface area contributed by atoms with Gasteiger partial charge in [0.15, 0.2) is 16.7 Å². The van der Waals surface area contributed by atoms with Crippen LogP contribution in [0, 0.1) is 5.92 Å². The molecule has 3 aromatic rings. The lowest BCUT2D eigenvalue weighted by molar-refractivity contribution is 0.0547. The number of amides is 1. The first-order valence-corrected chi connectivity index (χ1v) is 10.6. The molecule has 1 saturated heterocycles. The summed E-state index contributed by atoms with van der Waals surface area (Å²) < 4.78 is 10.9. The minimum absolute atomic E-state index is 0.0253. The number of benzene rings is 1. The maximum Gasteiger partial charge on any atom is 0.257 e. The van der Waals surface area contributed by atoms with Gasteiger partial charge >= 0.3 is 0 Å². The molecule has 30 heavy (non-hydrogen) atoms. The number of aromatic nitrogens is 1. The van der Waals surface area contributed by atoms with Crippen molar-refractivity contribution in [3.05, 3.63) is 53.1 Å². The second kappa shape index (κ2) is 8.81. The third-order valence-corrected chi connectivity index (χ3v) is 6.03. The van der Waals surface area contributed by atoms with Crippen LogP contribution in [0.3, 0.4) is 0 Å². The molecule has 0 radical (unpaired) electrons. The van der Waals surface area contributed by atoms with Crippen molar-refractivity contribution in [1.29, 1.82) is 0 Å². The molecule has 1 aromatic carbocycles. The monoisotopic (exact) mass is 425 g/mol. The number of Topliss-reactive ketones (excluding diaryl/α,β-unsaturated/α-hetero) is 1. The lowest BCUT2D eigenvalue weighted by atomic mass is 9.94. The van der Waals surface area contributed by atoms with Crippen molar-refractivity contribution in [3.8, 4) is 11.5 Å². The van der Waals surface area contributed by atoms with Crippen LogP contribution in [0.25, 0.3) is 11.5 Å². The zero-order valence-corrected chi connectivity index (χ0v) is 17.7. The summed E-state index contributed by atoms with van der Waals surface area (Å²) in [5, 5.41) is 3.21. The molecule has 1 aliphatic rings. The molecular formula is C22H23N3O4S. The number of hydrogen-bond acceptors (Lipinski definition) is 7. The summed E-state index contributed by atoms with van der Waals surface area (Å²) >= 11 is 1.19. The molecule has 1 fully saturated rings. The van der Waals surface area contributed by atoms with Crippen molar-refractivity contribution in [2.24, 2.45) is 5.92 Å². The van der Waals surface area contributed by atoms with Gasteiger partial charge in [-0.3, -0.25) is 14.9 Å². The van der Waals surface area contributed by atoms with Crippen LogP contribution in [0.1, 0.15) is 32.9 Å². The number of nitrogens with one attached hydrogen (secondary N) is 1. The Kier molecular flexibility index (Phi) is 5.96. The third kappa shape index (κ3) is 4.29. The van der Waals surface area contributed by atoms with Crippen molar-refractivity contribution < 1.29 is 18.7 Å². The molecule has 156 valence electrons. The highest BCUT2D eigenvalue weighted by molar-refractivity contribution is 7.18. The minimum Gasteiger partial charge on any atom is -0.463 e. The predicted molar refractivity (Wildman–Crippen MR) is 116 cm³/mol. The largest absolute Gasteiger partial charge is 0.463 e. The molecule has 4 rings (SSSR count). The smallest absolute Gasteiger partial charge is 0.257 e. The summed E-state index contributed by atoms with van der Waals surface area (Å²) in [5.74, 6) is 0.158. The lowest BCUT2D eigenvalue weighted by Gasteiger charge is -2.20. The molecule has 2 aromatic heterocycles.